The SMILES string of the molecule is CC(=O)[C@@H]1CC[C@@H]2[C@@H]3CCC4=CC(=O)CC[C@]4(COC(=O)CCC(=O)O)[C@H]3CC[C@@]21C. The number of carboxylic acids is 1. The van der Waals surface area contributed by atoms with Crippen LogP contribution in [0.5, 0.6) is 0 Å². The number of hydrogen-bond donors (Lipinski definition) is 1. The molecule has 0 saturated heterocycles. The second-order valence-electron chi connectivity index (χ2n) is 10.5. The fourth-order valence-electron chi connectivity index (χ4n) is 7.79. The number of esters is 1. The van der Waals surface area contributed by atoms with Gasteiger partial charge in [-0.2, -0.15) is 0 Å². The molecule has 4 rings (SSSR count). The Morgan fingerprint density at radius 1 is 1.06 bits per heavy atom. The van der Waals surface area contributed by atoms with Crippen molar-refractivity contribution in [3.05, 3.63) is 11.6 Å². The number of rotatable bonds is 6. The van der Waals surface area contributed by atoms with E-state index in [1.165, 1.54) is 0 Å². The number of hydrogen-bond acceptors (Lipinski definition) is 5. The molecular formula is C25H34O6. The van der Waals surface area contributed by atoms with Gasteiger partial charge >= 0.3 is 11.9 Å². The first kappa shape index (κ1) is 22.2. The lowest BCUT2D eigenvalue weighted by atomic mass is 9.46. The molecule has 3 fully saturated rings. The minimum absolute atomic E-state index is 0.0536. The molecule has 6 nitrogen and oxygen atoms in total. The lowest BCUT2D eigenvalue weighted by Crippen LogP contribution is -2.53. The molecule has 0 aromatic rings. The summed E-state index contributed by atoms with van der Waals surface area (Å²) in [4.78, 5) is 47.6. The Morgan fingerprint density at radius 2 is 1.84 bits per heavy atom. The summed E-state index contributed by atoms with van der Waals surface area (Å²) in [5, 5.41) is 8.84. The van der Waals surface area contributed by atoms with E-state index in [2.05, 4.69) is 6.92 Å². The Morgan fingerprint density at radius 3 is 2.55 bits per heavy atom. The first-order valence-corrected chi connectivity index (χ1v) is 11.8. The van der Waals surface area contributed by atoms with Crippen LogP contribution < -0.4 is 0 Å². The Kier molecular flexibility index (Phi) is 5.86. The van der Waals surface area contributed by atoms with Crippen LogP contribution >= 0.6 is 0 Å². The van der Waals surface area contributed by atoms with Crippen LogP contribution in [0.1, 0.15) is 78.1 Å². The van der Waals surface area contributed by atoms with Crippen molar-refractivity contribution in [3.63, 3.8) is 0 Å². The molecule has 4 aliphatic carbocycles. The van der Waals surface area contributed by atoms with E-state index in [0.717, 1.165) is 44.1 Å². The zero-order valence-corrected chi connectivity index (χ0v) is 18.7. The number of aliphatic carboxylic acids is 1. The van der Waals surface area contributed by atoms with Crippen LogP contribution in [0.25, 0.3) is 0 Å². The molecule has 170 valence electrons. The zero-order chi connectivity index (χ0) is 22.4. The molecule has 0 radical (unpaired) electrons. The molecule has 0 spiro atoms. The molecule has 1 N–H and O–H groups in total. The monoisotopic (exact) mass is 430 g/mol. The van der Waals surface area contributed by atoms with Gasteiger partial charge in [0.05, 0.1) is 12.8 Å². The lowest BCUT2D eigenvalue weighted by molar-refractivity contribution is -0.155. The van der Waals surface area contributed by atoms with E-state index in [1.807, 2.05) is 0 Å². The van der Waals surface area contributed by atoms with Gasteiger partial charge in [0.1, 0.15) is 12.4 Å². The predicted molar refractivity (Wildman–Crippen MR) is 113 cm³/mol. The number of Topliss-reactive ketones (excluding diaryl/α,β-unsaturated/α-hetero) is 1. The fourth-order valence-corrected chi connectivity index (χ4v) is 7.79. The summed E-state index contributed by atoms with van der Waals surface area (Å²) in [6.45, 7) is 4.28. The summed E-state index contributed by atoms with van der Waals surface area (Å²) in [5.41, 5.74) is 0.865. The number of carbonyl (C=O) groups excluding carboxylic acids is 3. The standard InChI is InChI=1S/C25H34O6/c1-15(26)19-5-6-20-18-4-3-16-13-17(27)9-12-25(16,21(18)10-11-24(19,20)2)14-31-23(30)8-7-22(28)29/h13,18-21H,3-12,14H2,1-2H3,(H,28,29)/t18-,19-,20+,21-,24+,25+/m0/s1. The van der Waals surface area contributed by atoms with Gasteiger partial charge in [0, 0.05) is 17.8 Å². The molecule has 0 aliphatic heterocycles. The normalized spacial score (nSPS) is 39.0. The first-order chi connectivity index (χ1) is 14.7. The summed E-state index contributed by atoms with van der Waals surface area (Å²) >= 11 is 0. The van der Waals surface area contributed by atoms with Gasteiger partial charge in [-0.25, -0.2) is 0 Å². The van der Waals surface area contributed by atoms with Gasteiger partial charge in [-0.1, -0.05) is 12.5 Å². The van der Waals surface area contributed by atoms with E-state index in [4.69, 9.17) is 9.84 Å². The van der Waals surface area contributed by atoms with Gasteiger partial charge in [0.2, 0.25) is 0 Å². The van der Waals surface area contributed by atoms with E-state index < -0.39 is 11.9 Å². The van der Waals surface area contributed by atoms with Crippen molar-refractivity contribution in [3.8, 4) is 0 Å². The molecule has 0 amide bonds. The summed E-state index contributed by atoms with van der Waals surface area (Å²) in [5.74, 6) is 0.442. The number of ether oxygens (including phenoxy) is 1. The number of ketones is 2. The molecular weight excluding hydrogens is 396 g/mol. The summed E-state index contributed by atoms with van der Waals surface area (Å²) in [6.07, 6.45) is 8.52. The molecule has 0 bridgehead atoms. The van der Waals surface area contributed by atoms with Crippen LogP contribution in [0, 0.1) is 34.5 Å². The fraction of sp³-hybridized carbons (Fsp3) is 0.760. The van der Waals surface area contributed by atoms with E-state index in [1.54, 1.807) is 13.0 Å². The zero-order valence-electron chi connectivity index (χ0n) is 18.7. The summed E-state index contributed by atoms with van der Waals surface area (Å²) < 4.78 is 5.66. The molecule has 6 heteroatoms. The van der Waals surface area contributed by atoms with E-state index >= 15 is 0 Å². The van der Waals surface area contributed by atoms with E-state index in [9.17, 15) is 19.2 Å². The Balaban J connectivity index is 1.59. The molecule has 0 heterocycles. The molecule has 0 aromatic heterocycles. The van der Waals surface area contributed by atoms with Crippen molar-refractivity contribution in [2.75, 3.05) is 6.61 Å². The van der Waals surface area contributed by atoms with Gasteiger partial charge in [-0.05, 0) is 81.1 Å². The molecule has 0 aromatic carbocycles. The van der Waals surface area contributed by atoms with E-state index in [-0.39, 0.29) is 42.0 Å². The summed E-state index contributed by atoms with van der Waals surface area (Å²) in [7, 11) is 0. The second kappa shape index (κ2) is 8.18. The van der Waals surface area contributed by atoms with Crippen LogP contribution in [0.4, 0.5) is 0 Å². The summed E-state index contributed by atoms with van der Waals surface area (Å²) in [6, 6.07) is 0. The maximum absolute atomic E-state index is 12.3. The van der Waals surface area contributed by atoms with Gasteiger partial charge in [0.25, 0.3) is 0 Å². The number of carbonyl (C=O) groups is 4. The number of fused-ring (bicyclic) bond motifs is 5. The maximum Gasteiger partial charge on any atom is 0.306 e. The molecule has 0 unspecified atom stereocenters. The minimum atomic E-state index is -1.01. The topological polar surface area (TPSA) is 97.7 Å². The highest BCUT2D eigenvalue weighted by Gasteiger charge is 2.61. The van der Waals surface area contributed by atoms with Gasteiger partial charge in [-0.3, -0.25) is 19.2 Å². The van der Waals surface area contributed by atoms with Crippen molar-refractivity contribution in [2.45, 2.75) is 78.1 Å². The Labute approximate surface area is 183 Å². The van der Waals surface area contributed by atoms with Crippen molar-refractivity contribution in [1.29, 1.82) is 0 Å². The van der Waals surface area contributed by atoms with Crippen LogP contribution in [-0.2, 0) is 23.9 Å². The number of carboxylic acid groups (broad SMARTS) is 1. The Bertz CT molecular complexity index is 828. The van der Waals surface area contributed by atoms with Gasteiger partial charge in [-0.15, -0.1) is 0 Å². The van der Waals surface area contributed by atoms with Crippen molar-refractivity contribution < 1.29 is 29.0 Å². The molecule has 4 aliphatic rings. The van der Waals surface area contributed by atoms with Crippen LogP contribution in [0.2, 0.25) is 0 Å². The second-order valence-corrected chi connectivity index (χ2v) is 10.5. The van der Waals surface area contributed by atoms with Crippen molar-refractivity contribution in [1.82, 2.24) is 0 Å². The van der Waals surface area contributed by atoms with Gasteiger partial charge < -0.3 is 9.84 Å². The quantitative estimate of drug-likeness (QED) is 0.637. The van der Waals surface area contributed by atoms with Crippen LogP contribution in [0.3, 0.4) is 0 Å². The largest absolute Gasteiger partial charge is 0.481 e. The Hall–Kier alpha value is -1.98. The lowest BCUT2D eigenvalue weighted by Gasteiger charge is -2.58. The third kappa shape index (κ3) is 3.76. The van der Waals surface area contributed by atoms with Gasteiger partial charge in [0.15, 0.2) is 5.78 Å². The third-order valence-corrected chi connectivity index (χ3v) is 9.21. The maximum atomic E-state index is 12.3. The van der Waals surface area contributed by atoms with Crippen molar-refractivity contribution in [2.24, 2.45) is 34.5 Å². The highest BCUT2D eigenvalue weighted by atomic mass is 16.5. The highest BCUT2D eigenvalue weighted by Crippen LogP contribution is 2.66. The minimum Gasteiger partial charge on any atom is -0.481 e. The average molecular weight is 431 g/mol. The predicted octanol–water partition coefficient (Wildman–Crippen LogP) is 4.11. The molecule has 31 heavy (non-hydrogen) atoms. The van der Waals surface area contributed by atoms with Crippen molar-refractivity contribution >= 4 is 23.5 Å². The molecule has 3 saturated carbocycles. The smallest absolute Gasteiger partial charge is 0.306 e. The average Bonchev–Trinajstić information content (AvgIpc) is 3.08. The molecule has 6 atom stereocenters. The first-order valence-electron chi connectivity index (χ1n) is 11.8. The van der Waals surface area contributed by atoms with Crippen LogP contribution in [0.15, 0.2) is 11.6 Å². The van der Waals surface area contributed by atoms with Crippen LogP contribution in [-0.4, -0.2) is 35.2 Å². The third-order valence-electron chi connectivity index (χ3n) is 9.21. The highest BCUT2D eigenvalue weighted by molar-refractivity contribution is 5.91. The van der Waals surface area contributed by atoms with E-state index in [0.29, 0.717) is 36.4 Å².